The highest BCUT2D eigenvalue weighted by molar-refractivity contribution is 9.10. The SMILES string of the molecule is Nc1ccc(NC(=O)c2ccoc2Cl)c(Br)c1. The van der Waals surface area contributed by atoms with Crippen LogP contribution < -0.4 is 11.1 Å². The minimum atomic E-state index is -0.339. The molecule has 1 aromatic carbocycles. The molecule has 0 bridgehead atoms. The predicted octanol–water partition coefficient (Wildman–Crippen LogP) is 3.53. The van der Waals surface area contributed by atoms with E-state index >= 15 is 0 Å². The van der Waals surface area contributed by atoms with E-state index in [2.05, 4.69) is 21.2 Å². The molecular weight excluding hydrogens is 307 g/mol. The molecule has 0 atom stereocenters. The van der Waals surface area contributed by atoms with Crippen molar-refractivity contribution < 1.29 is 9.21 Å². The van der Waals surface area contributed by atoms with Crippen LogP contribution in [0, 0.1) is 0 Å². The molecule has 88 valence electrons. The van der Waals surface area contributed by atoms with Crippen LogP contribution in [-0.4, -0.2) is 5.91 Å². The number of nitrogens with one attached hydrogen (secondary N) is 1. The number of benzene rings is 1. The average Bonchev–Trinajstić information content (AvgIpc) is 2.68. The molecule has 2 aromatic rings. The normalized spacial score (nSPS) is 10.2. The van der Waals surface area contributed by atoms with Crippen molar-refractivity contribution in [2.75, 3.05) is 11.1 Å². The van der Waals surface area contributed by atoms with Crippen LogP contribution in [0.15, 0.2) is 39.4 Å². The van der Waals surface area contributed by atoms with Gasteiger partial charge in [-0.3, -0.25) is 4.79 Å². The van der Waals surface area contributed by atoms with Crippen LogP contribution in [0.5, 0.6) is 0 Å². The molecule has 17 heavy (non-hydrogen) atoms. The Kier molecular flexibility index (Phi) is 3.40. The van der Waals surface area contributed by atoms with Crippen LogP contribution >= 0.6 is 27.5 Å². The second-order valence-corrected chi connectivity index (χ2v) is 4.50. The first-order valence-corrected chi connectivity index (χ1v) is 5.84. The van der Waals surface area contributed by atoms with Gasteiger partial charge in [0.15, 0.2) is 0 Å². The lowest BCUT2D eigenvalue weighted by Crippen LogP contribution is -2.11. The molecule has 0 aliphatic heterocycles. The number of furan rings is 1. The molecule has 0 aliphatic rings. The maximum absolute atomic E-state index is 11.8. The largest absolute Gasteiger partial charge is 0.452 e. The first kappa shape index (κ1) is 12.0. The number of anilines is 2. The van der Waals surface area contributed by atoms with Gasteiger partial charge in [0, 0.05) is 10.2 Å². The summed E-state index contributed by atoms with van der Waals surface area (Å²) in [4.78, 5) is 11.8. The lowest BCUT2D eigenvalue weighted by Gasteiger charge is -2.06. The molecule has 1 aromatic heterocycles. The van der Waals surface area contributed by atoms with Crippen LogP contribution in [-0.2, 0) is 0 Å². The van der Waals surface area contributed by atoms with Gasteiger partial charge in [0.1, 0.15) is 0 Å². The molecule has 0 fully saturated rings. The van der Waals surface area contributed by atoms with Crippen LogP contribution in [0.4, 0.5) is 11.4 Å². The number of halogens is 2. The number of nitrogens with two attached hydrogens (primary N) is 1. The molecule has 0 unspecified atom stereocenters. The number of hydrogen-bond donors (Lipinski definition) is 2. The molecule has 0 aliphatic carbocycles. The lowest BCUT2D eigenvalue weighted by atomic mass is 10.2. The summed E-state index contributed by atoms with van der Waals surface area (Å²) in [5, 5.41) is 2.76. The Morgan fingerprint density at radius 2 is 2.18 bits per heavy atom. The lowest BCUT2D eigenvalue weighted by molar-refractivity contribution is 0.102. The predicted molar refractivity (Wildman–Crippen MR) is 70.2 cm³/mol. The van der Waals surface area contributed by atoms with Crippen LogP contribution in [0.3, 0.4) is 0 Å². The fraction of sp³-hybridized carbons (Fsp3) is 0. The molecule has 6 heteroatoms. The minimum absolute atomic E-state index is 0.0640. The third kappa shape index (κ3) is 2.62. The number of hydrogen-bond acceptors (Lipinski definition) is 3. The first-order chi connectivity index (χ1) is 8.08. The second-order valence-electron chi connectivity index (χ2n) is 3.30. The summed E-state index contributed by atoms with van der Waals surface area (Å²) in [7, 11) is 0. The number of rotatable bonds is 2. The quantitative estimate of drug-likeness (QED) is 0.833. The Bertz CT molecular complexity index is 568. The Morgan fingerprint density at radius 1 is 1.41 bits per heavy atom. The van der Waals surface area contributed by atoms with Gasteiger partial charge >= 0.3 is 0 Å². The molecule has 0 saturated carbocycles. The Morgan fingerprint density at radius 3 is 2.76 bits per heavy atom. The summed E-state index contributed by atoms with van der Waals surface area (Å²) in [5.41, 5.74) is 7.11. The van der Waals surface area contributed by atoms with Gasteiger partial charge in [0.2, 0.25) is 5.22 Å². The summed E-state index contributed by atoms with van der Waals surface area (Å²) < 4.78 is 5.55. The zero-order chi connectivity index (χ0) is 12.4. The van der Waals surface area contributed by atoms with Crippen molar-refractivity contribution >= 4 is 44.8 Å². The molecule has 1 amide bonds. The summed E-state index contributed by atoms with van der Waals surface area (Å²) in [6.07, 6.45) is 1.36. The maximum atomic E-state index is 11.8. The van der Waals surface area contributed by atoms with Crippen molar-refractivity contribution in [2.24, 2.45) is 0 Å². The van der Waals surface area contributed by atoms with Crippen molar-refractivity contribution in [1.29, 1.82) is 0 Å². The van der Waals surface area contributed by atoms with Gasteiger partial charge in [-0.05, 0) is 51.8 Å². The molecular formula is C11H8BrClN2O2. The number of amides is 1. The highest BCUT2D eigenvalue weighted by atomic mass is 79.9. The monoisotopic (exact) mass is 314 g/mol. The van der Waals surface area contributed by atoms with Crippen LogP contribution in [0.25, 0.3) is 0 Å². The van der Waals surface area contributed by atoms with E-state index in [4.69, 9.17) is 21.8 Å². The second kappa shape index (κ2) is 4.81. The topological polar surface area (TPSA) is 68.3 Å². The van der Waals surface area contributed by atoms with E-state index in [9.17, 15) is 4.79 Å². The highest BCUT2D eigenvalue weighted by Gasteiger charge is 2.14. The van der Waals surface area contributed by atoms with Crippen molar-refractivity contribution in [3.05, 3.63) is 45.8 Å². The fourth-order valence-electron chi connectivity index (χ4n) is 1.28. The third-order valence-corrected chi connectivity index (χ3v) is 3.05. The summed E-state index contributed by atoms with van der Waals surface area (Å²) >= 11 is 9.01. The third-order valence-electron chi connectivity index (χ3n) is 2.10. The van der Waals surface area contributed by atoms with E-state index < -0.39 is 0 Å². The van der Waals surface area contributed by atoms with E-state index in [1.165, 1.54) is 12.3 Å². The van der Waals surface area contributed by atoms with E-state index in [1.54, 1.807) is 18.2 Å². The van der Waals surface area contributed by atoms with Crippen molar-refractivity contribution in [3.8, 4) is 0 Å². The molecule has 2 rings (SSSR count). The van der Waals surface area contributed by atoms with Gasteiger partial charge in [0.05, 0.1) is 17.5 Å². The smallest absolute Gasteiger partial charge is 0.260 e. The maximum Gasteiger partial charge on any atom is 0.260 e. The van der Waals surface area contributed by atoms with Crippen LogP contribution in [0.2, 0.25) is 5.22 Å². The van der Waals surface area contributed by atoms with Crippen molar-refractivity contribution in [1.82, 2.24) is 0 Å². The van der Waals surface area contributed by atoms with E-state index in [0.29, 0.717) is 15.8 Å². The van der Waals surface area contributed by atoms with E-state index in [1.807, 2.05) is 0 Å². The fourth-order valence-corrected chi connectivity index (χ4v) is 1.97. The summed E-state index contributed by atoms with van der Waals surface area (Å²) in [6.45, 7) is 0. The van der Waals surface area contributed by atoms with E-state index in [0.717, 1.165) is 0 Å². The van der Waals surface area contributed by atoms with Gasteiger partial charge in [-0.25, -0.2) is 0 Å². The average molecular weight is 316 g/mol. The summed E-state index contributed by atoms with van der Waals surface area (Å²) in [5.74, 6) is -0.339. The van der Waals surface area contributed by atoms with Gasteiger partial charge in [0.25, 0.3) is 5.91 Å². The zero-order valence-corrected chi connectivity index (χ0v) is 10.9. The van der Waals surface area contributed by atoms with Gasteiger partial charge in [-0.15, -0.1) is 0 Å². The molecule has 0 saturated heterocycles. The minimum Gasteiger partial charge on any atom is -0.452 e. The zero-order valence-electron chi connectivity index (χ0n) is 8.54. The number of carbonyl (C=O) groups is 1. The number of nitrogen functional groups attached to an aromatic ring is 1. The van der Waals surface area contributed by atoms with Crippen molar-refractivity contribution in [3.63, 3.8) is 0 Å². The highest BCUT2D eigenvalue weighted by Crippen LogP contribution is 2.26. The van der Waals surface area contributed by atoms with Gasteiger partial charge in [-0.2, -0.15) is 0 Å². The molecule has 1 heterocycles. The summed E-state index contributed by atoms with van der Waals surface area (Å²) in [6, 6.07) is 6.60. The molecule has 3 N–H and O–H groups in total. The molecule has 0 spiro atoms. The van der Waals surface area contributed by atoms with Gasteiger partial charge < -0.3 is 15.5 Å². The van der Waals surface area contributed by atoms with Crippen LogP contribution in [0.1, 0.15) is 10.4 Å². The van der Waals surface area contributed by atoms with Crippen molar-refractivity contribution in [2.45, 2.75) is 0 Å². The van der Waals surface area contributed by atoms with E-state index in [-0.39, 0.29) is 16.7 Å². The Labute approximate surface area is 111 Å². The molecule has 0 radical (unpaired) electrons. The Hall–Kier alpha value is -1.46. The first-order valence-electron chi connectivity index (χ1n) is 4.67. The Balaban J connectivity index is 2.22. The standard InChI is InChI=1S/C11H8BrClN2O2/c12-8-5-6(14)1-2-9(8)15-11(16)7-3-4-17-10(7)13/h1-5H,14H2,(H,15,16). The van der Waals surface area contributed by atoms with Gasteiger partial charge in [-0.1, -0.05) is 0 Å². The molecule has 4 nitrogen and oxygen atoms in total. The number of carbonyl (C=O) groups excluding carboxylic acids is 1.